The lowest BCUT2D eigenvalue weighted by molar-refractivity contribution is -0.275. The van der Waals surface area contributed by atoms with Gasteiger partial charge in [0.05, 0.1) is 12.2 Å². The summed E-state index contributed by atoms with van der Waals surface area (Å²) in [6.45, 7) is 9.66. The van der Waals surface area contributed by atoms with Crippen molar-refractivity contribution in [2.24, 2.45) is 0 Å². The van der Waals surface area contributed by atoms with Crippen molar-refractivity contribution in [1.29, 1.82) is 0 Å². The van der Waals surface area contributed by atoms with Crippen molar-refractivity contribution in [1.82, 2.24) is 0 Å². The van der Waals surface area contributed by atoms with Crippen molar-refractivity contribution >= 4 is 9.76 Å². The van der Waals surface area contributed by atoms with Crippen molar-refractivity contribution in [3.8, 4) is 0 Å². The molecule has 0 spiro atoms. The third kappa shape index (κ3) is 8.68. The standard InChI is InChI=1S/C10H24O3Si/c1-6-7-14-13-10(11-8(2)3)12-9(4)5/h8-10H,6-7,14H2,1-5H3. The Morgan fingerprint density at radius 3 is 1.86 bits per heavy atom. The fourth-order valence-electron chi connectivity index (χ4n) is 0.879. The maximum absolute atomic E-state index is 5.60. The fourth-order valence-corrected chi connectivity index (χ4v) is 1.68. The van der Waals surface area contributed by atoms with Crippen LogP contribution in [0.5, 0.6) is 0 Å². The van der Waals surface area contributed by atoms with Crippen molar-refractivity contribution in [3.05, 3.63) is 0 Å². The maximum Gasteiger partial charge on any atom is 0.262 e. The molecule has 14 heavy (non-hydrogen) atoms. The molecule has 0 aromatic heterocycles. The van der Waals surface area contributed by atoms with Gasteiger partial charge in [-0.2, -0.15) is 0 Å². The van der Waals surface area contributed by atoms with E-state index in [0.717, 1.165) is 0 Å². The first-order valence-electron chi connectivity index (χ1n) is 5.48. The summed E-state index contributed by atoms with van der Waals surface area (Å²) in [5, 5.41) is 0. The van der Waals surface area contributed by atoms with Gasteiger partial charge < -0.3 is 13.9 Å². The molecular weight excluding hydrogens is 196 g/mol. The second kappa shape index (κ2) is 8.41. The quantitative estimate of drug-likeness (QED) is 0.356. The molecular formula is C10H24O3Si. The van der Waals surface area contributed by atoms with Gasteiger partial charge in [-0.15, -0.1) is 0 Å². The summed E-state index contributed by atoms with van der Waals surface area (Å²) in [6.07, 6.45) is 1.48. The summed E-state index contributed by atoms with van der Waals surface area (Å²) >= 11 is 0. The van der Waals surface area contributed by atoms with Crippen molar-refractivity contribution in [3.63, 3.8) is 0 Å². The van der Waals surface area contributed by atoms with Gasteiger partial charge >= 0.3 is 0 Å². The minimum atomic E-state index is -0.472. The van der Waals surface area contributed by atoms with Crippen molar-refractivity contribution in [2.75, 3.05) is 0 Å². The highest BCUT2D eigenvalue weighted by molar-refractivity contribution is 6.26. The first-order valence-corrected chi connectivity index (χ1v) is 7.06. The van der Waals surface area contributed by atoms with Crippen molar-refractivity contribution in [2.45, 2.75) is 65.8 Å². The van der Waals surface area contributed by atoms with E-state index in [1.165, 1.54) is 12.5 Å². The van der Waals surface area contributed by atoms with Crippen LogP contribution >= 0.6 is 0 Å². The zero-order valence-corrected chi connectivity index (χ0v) is 11.5. The lowest BCUT2D eigenvalue weighted by Gasteiger charge is -2.23. The highest BCUT2D eigenvalue weighted by Crippen LogP contribution is 2.05. The molecule has 0 saturated heterocycles. The molecule has 4 heteroatoms. The van der Waals surface area contributed by atoms with E-state index in [4.69, 9.17) is 13.9 Å². The Bertz CT molecular complexity index is 119. The summed E-state index contributed by atoms with van der Waals surface area (Å²) in [4.78, 5) is 0. The molecule has 0 radical (unpaired) electrons. The normalized spacial score (nSPS) is 12.9. The zero-order valence-electron chi connectivity index (χ0n) is 10.1. The Balaban J connectivity index is 3.72. The molecule has 0 bridgehead atoms. The predicted octanol–water partition coefficient (Wildman–Crippen LogP) is 2.05. The van der Waals surface area contributed by atoms with Gasteiger partial charge in [-0.05, 0) is 33.7 Å². The number of hydrogen-bond donors (Lipinski definition) is 0. The Labute approximate surface area is 90.1 Å². The highest BCUT2D eigenvalue weighted by atomic mass is 28.2. The summed E-state index contributed by atoms with van der Waals surface area (Å²) < 4.78 is 16.6. The van der Waals surface area contributed by atoms with Gasteiger partial charge in [0.25, 0.3) is 6.48 Å². The molecule has 3 nitrogen and oxygen atoms in total. The molecule has 0 aliphatic heterocycles. The van der Waals surface area contributed by atoms with Crippen LogP contribution in [0.25, 0.3) is 0 Å². The summed E-state index contributed by atoms with van der Waals surface area (Å²) in [5.74, 6) is 0. The Morgan fingerprint density at radius 2 is 1.50 bits per heavy atom. The largest absolute Gasteiger partial charge is 0.379 e. The van der Waals surface area contributed by atoms with E-state index in [2.05, 4.69) is 6.92 Å². The summed E-state index contributed by atoms with van der Waals surface area (Å²) in [6, 6.07) is 1.18. The molecule has 0 rings (SSSR count). The molecule has 0 aliphatic carbocycles. The van der Waals surface area contributed by atoms with E-state index in [-0.39, 0.29) is 12.2 Å². The van der Waals surface area contributed by atoms with E-state index in [9.17, 15) is 0 Å². The second-order valence-electron chi connectivity index (χ2n) is 3.88. The fraction of sp³-hybridized carbons (Fsp3) is 1.00. The molecule has 0 atom stereocenters. The molecule has 0 aliphatic rings. The van der Waals surface area contributed by atoms with Gasteiger partial charge in [-0.1, -0.05) is 13.3 Å². The summed E-state index contributed by atoms with van der Waals surface area (Å²) in [7, 11) is -0.472. The Hall–Kier alpha value is 0.0969. The van der Waals surface area contributed by atoms with E-state index in [1.54, 1.807) is 0 Å². The van der Waals surface area contributed by atoms with Gasteiger partial charge in [-0.25, -0.2) is 0 Å². The highest BCUT2D eigenvalue weighted by Gasteiger charge is 2.13. The van der Waals surface area contributed by atoms with E-state index >= 15 is 0 Å². The minimum Gasteiger partial charge on any atom is -0.379 e. The number of hydrogen-bond acceptors (Lipinski definition) is 3. The smallest absolute Gasteiger partial charge is 0.262 e. The number of rotatable bonds is 8. The van der Waals surface area contributed by atoms with Crippen LogP contribution in [0.15, 0.2) is 0 Å². The Morgan fingerprint density at radius 1 is 1.00 bits per heavy atom. The second-order valence-corrected chi connectivity index (χ2v) is 5.33. The monoisotopic (exact) mass is 220 g/mol. The van der Waals surface area contributed by atoms with Crippen LogP contribution in [0, 0.1) is 0 Å². The topological polar surface area (TPSA) is 27.7 Å². The molecule has 0 aromatic rings. The molecule has 0 aromatic carbocycles. The molecule has 0 fully saturated rings. The first kappa shape index (κ1) is 14.1. The predicted molar refractivity (Wildman–Crippen MR) is 61.0 cm³/mol. The summed E-state index contributed by atoms with van der Waals surface area (Å²) in [5.41, 5.74) is 0. The lowest BCUT2D eigenvalue weighted by Crippen LogP contribution is -2.28. The van der Waals surface area contributed by atoms with Crippen LogP contribution in [0.4, 0.5) is 0 Å². The van der Waals surface area contributed by atoms with Gasteiger partial charge in [0.2, 0.25) is 0 Å². The van der Waals surface area contributed by atoms with Gasteiger partial charge in [0.15, 0.2) is 9.76 Å². The molecule has 0 saturated carbocycles. The van der Waals surface area contributed by atoms with Crippen LogP contribution in [-0.2, 0) is 13.9 Å². The molecule has 0 amide bonds. The molecule has 86 valence electrons. The molecule has 0 unspecified atom stereocenters. The van der Waals surface area contributed by atoms with Crippen LogP contribution in [-0.4, -0.2) is 28.4 Å². The van der Waals surface area contributed by atoms with Crippen LogP contribution in [0.3, 0.4) is 0 Å². The van der Waals surface area contributed by atoms with Crippen LogP contribution in [0.1, 0.15) is 41.0 Å². The average molecular weight is 220 g/mol. The zero-order chi connectivity index (χ0) is 11.0. The van der Waals surface area contributed by atoms with Crippen LogP contribution < -0.4 is 0 Å². The average Bonchev–Trinajstić information content (AvgIpc) is 2.02. The van der Waals surface area contributed by atoms with Crippen molar-refractivity contribution < 1.29 is 13.9 Å². The molecule has 0 N–H and O–H groups in total. The third-order valence-electron chi connectivity index (χ3n) is 1.52. The third-order valence-corrected chi connectivity index (χ3v) is 3.02. The SMILES string of the molecule is CCC[SiH2]OC(OC(C)C)OC(C)C. The van der Waals surface area contributed by atoms with E-state index in [1.807, 2.05) is 27.7 Å². The van der Waals surface area contributed by atoms with Gasteiger partial charge in [0, 0.05) is 0 Å². The van der Waals surface area contributed by atoms with Gasteiger partial charge in [-0.3, -0.25) is 0 Å². The number of ether oxygens (including phenoxy) is 2. The van der Waals surface area contributed by atoms with E-state index < -0.39 is 16.2 Å². The van der Waals surface area contributed by atoms with E-state index in [0.29, 0.717) is 0 Å². The maximum atomic E-state index is 5.60. The van der Waals surface area contributed by atoms with Crippen LogP contribution in [0.2, 0.25) is 6.04 Å². The van der Waals surface area contributed by atoms with Gasteiger partial charge in [0.1, 0.15) is 0 Å². The lowest BCUT2D eigenvalue weighted by atomic mass is 10.5. The Kier molecular flexibility index (Phi) is 8.47. The molecule has 0 heterocycles. The first-order chi connectivity index (χ1) is 6.56. The minimum absolute atomic E-state index is 0.148.